The molecule has 0 aliphatic carbocycles. The molecule has 0 radical (unpaired) electrons. The third-order valence-corrected chi connectivity index (χ3v) is 0.487. The molecule has 0 aliphatic heterocycles. The first-order chi connectivity index (χ1) is 3.83. The monoisotopic (exact) mass is 136 g/mol. The molecule has 0 bridgehead atoms. The lowest BCUT2D eigenvalue weighted by Crippen LogP contribution is -1.85. The average Bonchev–Trinajstić information content (AvgIpc) is 1.88. The highest BCUT2D eigenvalue weighted by molar-refractivity contribution is 7.80. The van der Waals surface area contributed by atoms with Crippen molar-refractivity contribution in [2.45, 2.75) is 0 Å². The van der Waals surface area contributed by atoms with Crippen LogP contribution >= 0.6 is 12.6 Å². The van der Waals surface area contributed by atoms with Gasteiger partial charge in [-0.1, -0.05) is 6.08 Å². The smallest absolute Gasteiger partial charge is 0.0662 e. The van der Waals surface area contributed by atoms with Gasteiger partial charge in [0, 0.05) is 5.75 Å². The molecule has 0 heterocycles. The second-order valence-corrected chi connectivity index (χ2v) is 1.28. The van der Waals surface area contributed by atoms with E-state index in [1.807, 2.05) is 0 Å². The molecule has 2 nitrogen and oxygen atoms in total. The van der Waals surface area contributed by atoms with Gasteiger partial charge in [-0.2, -0.15) is 12.6 Å². The molecular formula is C5H12O2S. The fraction of sp³-hybridized carbons (Fsp3) is 0.600. The van der Waals surface area contributed by atoms with Crippen molar-refractivity contribution in [2.75, 3.05) is 19.0 Å². The van der Waals surface area contributed by atoms with Crippen molar-refractivity contribution in [1.29, 1.82) is 0 Å². The molecule has 0 spiro atoms. The lowest BCUT2D eigenvalue weighted by atomic mass is 10.8. The Kier molecular flexibility index (Phi) is 21.4. The summed E-state index contributed by atoms with van der Waals surface area (Å²) < 4.78 is 0. The Bertz CT molecular complexity index is 37.4. The largest absolute Gasteiger partial charge is 0.394 e. The van der Waals surface area contributed by atoms with E-state index in [9.17, 15) is 0 Å². The molecule has 0 saturated carbocycles. The van der Waals surface area contributed by atoms with Crippen LogP contribution in [0.3, 0.4) is 0 Å². The average molecular weight is 136 g/mol. The van der Waals surface area contributed by atoms with Gasteiger partial charge >= 0.3 is 0 Å². The normalized spacial score (nSPS) is 6.88. The van der Waals surface area contributed by atoms with E-state index in [0.717, 1.165) is 5.75 Å². The van der Waals surface area contributed by atoms with Crippen LogP contribution in [0.1, 0.15) is 0 Å². The molecule has 0 rings (SSSR count). The van der Waals surface area contributed by atoms with E-state index in [4.69, 9.17) is 10.2 Å². The lowest BCUT2D eigenvalue weighted by Gasteiger charge is -1.70. The van der Waals surface area contributed by atoms with Gasteiger partial charge in [0.2, 0.25) is 0 Å². The Labute approximate surface area is 55.3 Å². The molecule has 0 aliphatic rings. The van der Waals surface area contributed by atoms with Crippen molar-refractivity contribution in [3.05, 3.63) is 12.7 Å². The maximum Gasteiger partial charge on any atom is 0.0662 e. The van der Waals surface area contributed by atoms with Crippen molar-refractivity contribution in [2.24, 2.45) is 0 Å². The zero-order valence-corrected chi connectivity index (χ0v) is 5.64. The van der Waals surface area contributed by atoms with Crippen LogP contribution < -0.4 is 0 Å². The topological polar surface area (TPSA) is 40.5 Å². The third-order valence-electron chi connectivity index (χ3n) is 0.229. The molecule has 0 aromatic carbocycles. The number of thiol groups is 1. The number of rotatable bonds is 2. The first kappa shape index (κ1) is 10.9. The fourth-order valence-electron chi connectivity index (χ4n) is 0. The molecule has 50 valence electrons. The van der Waals surface area contributed by atoms with Gasteiger partial charge in [0.1, 0.15) is 0 Å². The molecule has 3 heteroatoms. The Morgan fingerprint density at radius 3 is 1.62 bits per heavy atom. The highest BCUT2D eigenvalue weighted by Gasteiger charge is 1.58. The van der Waals surface area contributed by atoms with Gasteiger partial charge in [-0.15, -0.1) is 6.58 Å². The quantitative estimate of drug-likeness (QED) is 0.371. The van der Waals surface area contributed by atoms with E-state index in [2.05, 4.69) is 19.2 Å². The van der Waals surface area contributed by atoms with Crippen LogP contribution in [0, 0.1) is 0 Å². The summed E-state index contributed by atoms with van der Waals surface area (Å²) in [5.41, 5.74) is 0. The van der Waals surface area contributed by atoms with Gasteiger partial charge in [-0.05, 0) is 0 Å². The van der Waals surface area contributed by atoms with Crippen LogP contribution in [0.15, 0.2) is 12.7 Å². The van der Waals surface area contributed by atoms with E-state index in [-0.39, 0.29) is 13.2 Å². The predicted molar refractivity (Wildman–Crippen MR) is 38.2 cm³/mol. The highest BCUT2D eigenvalue weighted by Crippen LogP contribution is 1.65. The summed E-state index contributed by atoms with van der Waals surface area (Å²) in [5.74, 6) is 0.778. The van der Waals surface area contributed by atoms with Crippen LogP contribution in [0.25, 0.3) is 0 Å². The number of hydrogen-bond donors (Lipinski definition) is 3. The van der Waals surface area contributed by atoms with Crippen molar-refractivity contribution in [3.8, 4) is 0 Å². The van der Waals surface area contributed by atoms with Crippen molar-refractivity contribution >= 4 is 12.6 Å². The highest BCUT2D eigenvalue weighted by atomic mass is 32.1. The summed E-state index contributed by atoms with van der Waals surface area (Å²) in [4.78, 5) is 0. The third kappa shape index (κ3) is 37.3. The maximum atomic E-state index is 7.62. The molecule has 0 saturated heterocycles. The van der Waals surface area contributed by atoms with E-state index >= 15 is 0 Å². The van der Waals surface area contributed by atoms with Gasteiger partial charge < -0.3 is 10.2 Å². The minimum Gasteiger partial charge on any atom is -0.394 e. The Hall–Kier alpha value is 0.01000. The summed E-state index contributed by atoms with van der Waals surface area (Å²) in [6.07, 6.45) is 1.74. The van der Waals surface area contributed by atoms with Crippen LogP contribution in [-0.4, -0.2) is 29.2 Å². The molecule has 0 amide bonds. The Morgan fingerprint density at radius 1 is 1.38 bits per heavy atom. The van der Waals surface area contributed by atoms with Crippen molar-refractivity contribution < 1.29 is 10.2 Å². The number of aliphatic hydroxyl groups is 2. The Balaban J connectivity index is 0. The van der Waals surface area contributed by atoms with Crippen molar-refractivity contribution in [3.63, 3.8) is 0 Å². The first-order valence-electron chi connectivity index (χ1n) is 2.27. The molecule has 0 aromatic rings. The number of aliphatic hydroxyl groups excluding tert-OH is 2. The van der Waals surface area contributed by atoms with Crippen LogP contribution in [0.4, 0.5) is 0 Å². The molecular weight excluding hydrogens is 124 g/mol. The van der Waals surface area contributed by atoms with Gasteiger partial charge in [-0.25, -0.2) is 0 Å². The molecule has 2 N–H and O–H groups in total. The summed E-state index contributed by atoms with van der Waals surface area (Å²) in [7, 11) is 0. The predicted octanol–water partition coefficient (Wildman–Crippen LogP) is 0.0732. The zero-order valence-electron chi connectivity index (χ0n) is 4.75. The van der Waals surface area contributed by atoms with Crippen LogP contribution in [0.2, 0.25) is 0 Å². The maximum absolute atomic E-state index is 7.62. The van der Waals surface area contributed by atoms with Crippen molar-refractivity contribution in [1.82, 2.24) is 0 Å². The first-order valence-corrected chi connectivity index (χ1v) is 2.90. The standard InChI is InChI=1S/C3H6S.C2H6O2/c1-2-3-4;3-1-2-4/h2,4H,1,3H2;3-4H,1-2H2. The summed E-state index contributed by atoms with van der Waals surface area (Å²) >= 11 is 3.80. The van der Waals surface area contributed by atoms with E-state index < -0.39 is 0 Å². The molecule has 0 atom stereocenters. The fourth-order valence-corrected chi connectivity index (χ4v) is 0. The second-order valence-electron chi connectivity index (χ2n) is 0.918. The summed E-state index contributed by atoms with van der Waals surface area (Å²) in [6, 6.07) is 0. The van der Waals surface area contributed by atoms with Gasteiger partial charge in [0.15, 0.2) is 0 Å². The van der Waals surface area contributed by atoms with Gasteiger partial charge in [-0.3, -0.25) is 0 Å². The SMILES string of the molecule is C=CCS.OCCO. The van der Waals surface area contributed by atoms with Gasteiger partial charge in [0.25, 0.3) is 0 Å². The zero-order chi connectivity index (χ0) is 6.83. The second kappa shape index (κ2) is 15.7. The van der Waals surface area contributed by atoms with E-state index in [0.29, 0.717) is 0 Å². The summed E-state index contributed by atoms with van der Waals surface area (Å²) in [6.45, 7) is 3.15. The molecule has 0 unspecified atom stereocenters. The minimum atomic E-state index is -0.125. The number of hydrogen-bond acceptors (Lipinski definition) is 3. The van der Waals surface area contributed by atoms with Gasteiger partial charge in [0.05, 0.1) is 13.2 Å². The Morgan fingerprint density at radius 2 is 1.62 bits per heavy atom. The molecule has 0 aromatic heterocycles. The minimum absolute atomic E-state index is 0.125. The molecule has 0 fully saturated rings. The molecule has 8 heavy (non-hydrogen) atoms. The summed E-state index contributed by atoms with van der Waals surface area (Å²) in [5, 5.41) is 15.2. The van der Waals surface area contributed by atoms with Crippen LogP contribution in [-0.2, 0) is 0 Å². The van der Waals surface area contributed by atoms with E-state index in [1.165, 1.54) is 0 Å². The van der Waals surface area contributed by atoms with Crippen LogP contribution in [0.5, 0.6) is 0 Å². The lowest BCUT2D eigenvalue weighted by molar-refractivity contribution is 0.186. The van der Waals surface area contributed by atoms with E-state index in [1.54, 1.807) is 6.08 Å².